The summed E-state index contributed by atoms with van der Waals surface area (Å²) < 4.78 is 6.24. The molecule has 2 aromatic carbocycles. The second-order valence-corrected chi connectivity index (χ2v) is 8.97. The van der Waals surface area contributed by atoms with E-state index in [2.05, 4.69) is 15.3 Å². The summed E-state index contributed by atoms with van der Waals surface area (Å²) in [7, 11) is 1.55. The number of H-pyrrole nitrogens is 1. The number of amides is 1. The predicted molar refractivity (Wildman–Crippen MR) is 134 cm³/mol. The Morgan fingerprint density at radius 3 is 2.43 bits per heavy atom. The van der Waals surface area contributed by atoms with Crippen LogP contribution in [-0.4, -0.2) is 37.8 Å². The van der Waals surface area contributed by atoms with Gasteiger partial charge < -0.3 is 25.3 Å². The van der Waals surface area contributed by atoms with E-state index in [1.165, 1.54) is 11.3 Å². The zero-order valence-electron chi connectivity index (χ0n) is 19.4. The molecule has 0 fully saturated rings. The van der Waals surface area contributed by atoms with E-state index in [0.29, 0.717) is 17.0 Å². The van der Waals surface area contributed by atoms with Gasteiger partial charge in [0.1, 0.15) is 17.5 Å². The van der Waals surface area contributed by atoms with E-state index < -0.39 is 29.7 Å². The van der Waals surface area contributed by atoms with E-state index in [1.807, 2.05) is 37.3 Å². The minimum Gasteiger partial charge on any atom is -0.497 e. The number of methoxy groups -OCH3 is 1. The van der Waals surface area contributed by atoms with Gasteiger partial charge in [-0.05, 0) is 36.8 Å². The topological polar surface area (TPSA) is 129 Å². The molecule has 0 aliphatic heterocycles. The molecule has 2 heterocycles. The highest BCUT2D eigenvalue weighted by Crippen LogP contribution is 2.36. The smallest absolute Gasteiger partial charge is 0.329 e. The van der Waals surface area contributed by atoms with Crippen molar-refractivity contribution in [2.24, 2.45) is 0 Å². The minimum absolute atomic E-state index is 0.196. The minimum atomic E-state index is -1.09. The summed E-state index contributed by atoms with van der Waals surface area (Å²) in [5.74, 6) is -0.724. The average molecular weight is 495 g/mol. The highest BCUT2D eigenvalue weighted by Gasteiger charge is 2.33. The fourth-order valence-electron chi connectivity index (χ4n) is 3.88. The van der Waals surface area contributed by atoms with Crippen LogP contribution in [0.3, 0.4) is 0 Å². The van der Waals surface area contributed by atoms with Crippen molar-refractivity contribution in [1.29, 1.82) is 0 Å². The Hall–Kier alpha value is -3.89. The second kappa shape index (κ2) is 10.2. The molecule has 0 aliphatic rings. The molecule has 9 nitrogen and oxygen atoms in total. The third-order valence-electron chi connectivity index (χ3n) is 5.81. The Bertz CT molecular complexity index is 1360. The van der Waals surface area contributed by atoms with E-state index in [4.69, 9.17) is 4.74 Å². The Morgan fingerprint density at radius 1 is 1.14 bits per heavy atom. The Labute approximate surface area is 205 Å². The summed E-state index contributed by atoms with van der Waals surface area (Å²) >= 11 is 1.17. The maximum absolute atomic E-state index is 13.5. The molecule has 1 unspecified atom stereocenters. The number of aromatic amines is 1. The zero-order chi connectivity index (χ0) is 25.1. The van der Waals surface area contributed by atoms with Crippen LogP contribution in [-0.2, 0) is 4.79 Å². The molecule has 10 heteroatoms. The molecule has 3 atom stereocenters. The highest BCUT2D eigenvalue weighted by molar-refractivity contribution is 7.13. The lowest BCUT2D eigenvalue weighted by Gasteiger charge is -2.24. The normalized spacial score (nSPS) is 13.7. The van der Waals surface area contributed by atoms with Gasteiger partial charge in [0.15, 0.2) is 5.13 Å². The van der Waals surface area contributed by atoms with Gasteiger partial charge in [0.05, 0.1) is 18.9 Å². The summed E-state index contributed by atoms with van der Waals surface area (Å²) in [6.07, 6.45) is -0.778. The molecule has 182 valence electrons. The molecule has 2 aromatic heterocycles. The van der Waals surface area contributed by atoms with E-state index >= 15 is 0 Å². The number of hydrogen-bond acceptors (Lipinski definition) is 7. The fourth-order valence-corrected chi connectivity index (χ4v) is 4.68. The van der Waals surface area contributed by atoms with Gasteiger partial charge >= 0.3 is 5.69 Å². The van der Waals surface area contributed by atoms with Gasteiger partial charge in [-0.2, -0.15) is 0 Å². The van der Waals surface area contributed by atoms with Gasteiger partial charge in [-0.1, -0.05) is 37.3 Å². The lowest BCUT2D eigenvalue weighted by atomic mass is 9.92. The number of aromatic hydroxyl groups is 1. The summed E-state index contributed by atoms with van der Waals surface area (Å²) in [4.78, 5) is 33.5. The van der Waals surface area contributed by atoms with Crippen molar-refractivity contribution in [3.8, 4) is 22.9 Å². The van der Waals surface area contributed by atoms with Crippen LogP contribution in [0.2, 0.25) is 0 Å². The number of aliphatic hydroxyl groups excluding tert-OH is 1. The van der Waals surface area contributed by atoms with Gasteiger partial charge in [0, 0.05) is 16.9 Å². The maximum atomic E-state index is 13.5. The second-order valence-electron chi connectivity index (χ2n) is 8.11. The zero-order valence-corrected chi connectivity index (χ0v) is 20.2. The van der Waals surface area contributed by atoms with Crippen LogP contribution in [0.4, 0.5) is 5.13 Å². The highest BCUT2D eigenvalue weighted by atomic mass is 32.1. The van der Waals surface area contributed by atoms with Crippen LogP contribution in [0.25, 0.3) is 11.3 Å². The van der Waals surface area contributed by atoms with Crippen molar-refractivity contribution in [3.05, 3.63) is 81.7 Å². The van der Waals surface area contributed by atoms with Crippen LogP contribution >= 0.6 is 11.3 Å². The number of nitrogens with zero attached hydrogens (tertiary/aromatic N) is 2. The number of ether oxygens (including phenoxy) is 1. The number of imidazole rings is 1. The molecule has 1 amide bonds. The van der Waals surface area contributed by atoms with Gasteiger partial charge in [-0.25, -0.2) is 14.3 Å². The van der Waals surface area contributed by atoms with Crippen LogP contribution in [0.15, 0.2) is 64.8 Å². The summed E-state index contributed by atoms with van der Waals surface area (Å²) in [6.45, 7) is 3.40. The number of aliphatic hydroxyl groups is 1. The molecule has 4 aromatic rings. The molecule has 0 spiro atoms. The first-order valence-electron chi connectivity index (χ1n) is 11.0. The molecule has 0 aliphatic carbocycles. The number of nitrogens with one attached hydrogen (secondary N) is 2. The summed E-state index contributed by atoms with van der Waals surface area (Å²) in [5, 5.41) is 25.6. The number of carbonyl (C=O) groups excluding carboxylic acids is 1. The van der Waals surface area contributed by atoms with Crippen LogP contribution < -0.4 is 15.7 Å². The van der Waals surface area contributed by atoms with E-state index in [-0.39, 0.29) is 16.7 Å². The van der Waals surface area contributed by atoms with Crippen LogP contribution in [0.1, 0.15) is 43.2 Å². The van der Waals surface area contributed by atoms with Crippen LogP contribution in [0, 0.1) is 0 Å². The van der Waals surface area contributed by atoms with Crippen molar-refractivity contribution in [2.75, 3.05) is 12.4 Å². The van der Waals surface area contributed by atoms with Crippen LogP contribution in [0.5, 0.6) is 11.6 Å². The first-order valence-corrected chi connectivity index (χ1v) is 11.8. The molecule has 4 N–H and O–H groups in total. The van der Waals surface area contributed by atoms with Crippen molar-refractivity contribution in [1.82, 2.24) is 14.5 Å². The predicted octanol–water partition coefficient (Wildman–Crippen LogP) is 4.05. The van der Waals surface area contributed by atoms with E-state index in [0.717, 1.165) is 10.1 Å². The lowest BCUT2D eigenvalue weighted by Crippen LogP contribution is -2.35. The third-order valence-corrected chi connectivity index (χ3v) is 6.58. The number of anilines is 1. The number of hydrogen-bond donors (Lipinski definition) is 4. The summed E-state index contributed by atoms with van der Waals surface area (Å²) in [6, 6.07) is 15.0. The van der Waals surface area contributed by atoms with E-state index in [1.54, 1.807) is 43.7 Å². The molecule has 0 saturated carbocycles. The Balaban J connectivity index is 1.76. The molecule has 0 bridgehead atoms. The molecular weight excluding hydrogens is 468 g/mol. The number of carbonyl (C=O) groups is 1. The van der Waals surface area contributed by atoms with Crippen molar-refractivity contribution < 1.29 is 19.7 Å². The van der Waals surface area contributed by atoms with Crippen molar-refractivity contribution in [2.45, 2.75) is 31.9 Å². The van der Waals surface area contributed by atoms with Gasteiger partial charge in [-0.3, -0.25) is 4.79 Å². The van der Waals surface area contributed by atoms with Gasteiger partial charge in [0.25, 0.3) is 0 Å². The SMILES string of the molecule is COc1ccc(-c2[nH]c(=O)n([C@H](C(=O)Nc3nc(C(C)O)cs3)[C@@H](C)c3ccccc3)c2O)cc1. The maximum Gasteiger partial charge on any atom is 0.329 e. The number of rotatable bonds is 8. The fraction of sp³-hybridized carbons (Fsp3) is 0.240. The first kappa shape index (κ1) is 24.2. The molecular formula is C25H26N4O5S. The monoisotopic (exact) mass is 494 g/mol. The average Bonchev–Trinajstić information content (AvgIpc) is 3.45. The quantitative estimate of drug-likeness (QED) is 0.292. The van der Waals surface area contributed by atoms with E-state index in [9.17, 15) is 19.8 Å². The molecule has 35 heavy (non-hydrogen) atoms. The largest absolute Gasteiger partial charge is 0.497 e. The molecule has 0 radical (unpaired) electrons. The van der Waals surface area contributed by atoms with Gasteiger partial charge in [0.2, 0.25) is 11.8 Å². The molecule has 0 saturated heterocycles. The van der Waals surface area contributed by atoms with Crippen molar-refractivity contribution >= 4 is 22.4 Å². The lowest BCUT2D eigenvalue weighted by molar-refractivity contribution is -0.120. The first-order chi connectivity index (χ1) is 16.8. The Morgan fingerprint density at radius 2 is 1.83 bits per heavy atom. The Kier molecular flexibility index (Phi) is 7.04. The standard InChI is InChI=1S/C25H26N4O5S/c1-14(16-7-5-4-6-8-16)21(22(31)28-24-26-19(13-35-24)15(2)30)29-23(32)20(27-25(29)33)17-9-11-18(34-3)12-10-17/h4-15,21,30,32H,1-3H3,(H,27,33)(H,26,28,31)/t14-,15?,21-/m0/s1. The third kappa shape index (κ3) is 4.98. The molecule has 4 rings (SSSR count). The summed E-state index contributed by atoms with van der Waals surface area (Å²) in [5.41, 5.74) is 1.38. The van der Waals surface area contributed by atoms with Crippen molar-refractivity contribution in [3.63, 3.8) is 0 Å². The number of benzene rings is 2. The number of aromatic nitrogens is 3. The van der Waals surface area contributed by atoms with Gasteiger partial charge in [-0.15, -0.1) is 11.3 Å². The number of thiazole rings is 1.